The Hall–Kier alpha value is -2.71. The first-order chi connectivity index (χ1) is 12.7. The van der Waals surface area contributed by atoms with Gasteiger partial charge in [0.15, 0.2) is 0 Å². The van der Waals surface area contributed by atoms with Crippen LogP contribution in [-0.2, 0) is 32.1 Å². The first kappa shape index (κ1) is 17.7. The molecular formula is C19H17NO6S. The number of benzene rings is 2. The number of rotatable bonds is 4. The number of aryl methyl sites for hydroxylation is 1. The monoisotopic (exact) mass is 387 g/mol. The fraction of sp³-hybridized carbons (Fsp3) is 0.263. The third kappa shape index (κ3) is 3.11. The second-order valence-corrected chi connectivity index (χ2v) is 8.26. The topological polar surface area (TPSA) is 90.0 Å². The van der Waals surface area contributed by atoms with E-state index in [9.17, 15) is 18.0 Å². The Bertz CT molecular complexity index is 1060. The fourth-order valence-electron chi connectivity index (χ4n) is 3.55. The summed E-state index contributed by atoms with van der Waals surface area (Å²) in [5.41, 5.74) is 2.99. The van der Waals surface area contributed by atoms with Crippen molar-refractivity contribution in [2.45, 2.75) is 26.2 Å². The zero-order valence-electron chi connectivity index (χ0n) is 14.8. The molecule has 7 nitrogen and oxygen atoms in total. The van der Waals surface area contributed by atoms with Crippen molar-refractivity contribution in [1.82, 2.24) is 0 Å². The van der Waals surface area contributed by atoms with Crippen molar-refractivity contribution in [3.63, 3.8) is 0 Å². The zero-order valence-corrected chi connectivity index (χ0v) is 15.6. The van der Waals surface area contributed by atoms with Gasteiger partial charge in [-0.3, -0.25) is 14.5 Å². The van der Waals surface area contributed by atoms with E-state index in [0.717, 1.165) is 17.4 Å². The van der Waals surface area contributed by atoms with Crippen LogP contribution < -0.4 is 9.64 Å². The van der Waals surface area contributed by atoms with E-state index in [1.807, 2.05) is 43.3 Å². The number of Topliss-reactive ketones (excluding diaryl/α,β-unsaturated/α-hetero) is 1. The van der Waals surface area contributed by atoms with E-state index in [0.29, 0.717) is 11.3 Å². The molecule has 0 saturated carbocycles. The molecule has 0 bridgehead atoms. The Labute approximate surface area is 156 Å². The molecule has 0 saturated heterocycles. The number of carbonyl (C=O) groups is 2. The Morgan fingerprint density at radius 2 is 1.93 bits per heavy atom. The summed E-state index contributed by atoms with van der Waals surface area (Å²) in [6.07, 6.45) is 0.0918. The van der Waals surface area contributed by atoms with Gasteiger partial charge in [-0.25, -0.2) is 4.18 Å². The van der Waals surface area contributed by atoms with Crippen molar-refractivity contribution < 1.29 is 26.9 Å². The average molecular weight is 387 g/mol. The van der Waals surface area contributed by atoms with Crippen LogP contribution in [0.3, 0.4) is 0 Å². The fourth-order valence-corrected chi connectivity index (χ4v) is 4.05. The van der Waals surface area contributed by atoms with Crippen molar-refractivity contribution in [3.05, 3.63) is 58.7 Å². The molecule has 2 aromatic carbocycles. The lowest BCUT2D eigenvalue weighted by atomic mass is 10.0. The lowest BCUT2D eigenvalue weighted by Crippen LogP contribution is -2.29. The highest BCUT2D eigenvalue weighted by Gasteiger charge is 2.43. The van der Waals surface area contributed by atoms with E-state index in [4.69, 9.17) is 8.92 Å². The summed E-state index contributed by atoms with van der Waals surface area (Å²) in [7, 11) is -3.71. The Balaban J connectivity index is 1.75. The number of amides is 1. The van der Waals surface area contributed by atoms with Gasteiger partial charge < -0.3 is 4.74 Å². The number of fused-ring (bicyclic) bond motifs is 3. The van der Waals surface area contributed by atoms with Crippen LogP contribution in [0, 0.1) is 6.92 Å². The van der Waals surface area contributed by atoms with Crippen LogP contribution in [0.5, 0.6) is 5.75 Å². The molecule has 0 radical (unpaired) electrons. The highest BCUT2D eigenvalue weighted by molar-refractivity contribution is 7.86. The standard InChI is InChI=1S/C19H17NO6S/c1-11-8-13-9-14(26-27(2,23)24)25-18(13)15-16(11)20(19(22)17(15)21)10-12-6-4-3-5-7-12/h3-8,14H,9-10H2,1-2H3. The Morgan fingerprint density at radius 3 is 2.59 bits per heavy atom. The van der Waals surface area contributed by atoms with Crippen molar-refractivity contribution in [2.24, 2.45) is 0 Å². The van der Waals surface area contributed by atoms with Crippen LogP contribution in [0.4, 0.5) is 5.69 Å². The number of carbonyl (C=O) groups excluding carboxylic acids is 2. The molecule has 140 valence electrons. The Morgan fingerprint density at radius 1 is 1.22 bits per heavy atom. The SMILES string of the molecule is Cc1cc2c(c3c1N(Cc1ccccc1)C(=O)C3=O)OC(OS(C)(=O)=O)C2. The number of anilines is 1. The first-order valence-corrected chi connectivity index (χ1v) is 10.2. The first-order valence-electron chi connectivity index (χ1n) is 8.36. The molecule has 27 heavy (non-hydrogen) atoms. The maximum Gasteiger partial charge on any atom is 0.299 e. The maximum absolute atomic E-state index is 12.7. The summed E-state index contributed by atoms with van der Waals surface area (Å²) >= 11 is 0. The summed E-state index contributed by atoms with van der Waals surface area (Å²) in [4.78, 5) is 26.7. The summed E-state index contributed by atoms with van der Waals surface area (Å²) in [6, 6.07) is 11.2. The summed E-state index contributed by atoms with van der Waals surface area (Å²) in [5, 5.41) is 0. The van der Waals surface area contributed by atoms with Crippen LogP contribution in [0.15, 0.2) is 36.4 Å². The van der Waals surface area contributed by atoms with E-state index >= 15 is 0 Å². The molecule has 0 aliphatic carbocycles. The number of hydrogen-bond donors (Lipinski definition) is 0. The molecule has 2 aliphatic rings. The van der Waals surface area contributed by atoms with Gasteiger partial charge in [0.2, 0.25) is 6.29 Å². The maximum atomic E-state index is 12.7. The van der Waals surface area contributed by atoms with Gasteiger partial charge >= 0.3 is 0 Å². The van der Waals surface area contributed by atoms with E-state index in [-0.39, 0.29) is 24.3 Å². The second-order valence-electron chi connectivity index (χ2n) is 6.66. The van der Waals surface area contributed by atoms with Gasteiger partial charge in [0, 0.05) is 12.0 Å². The van der Waals surface area contributed by atoms with Crippen LogP contribution >= 0.6 is 0 Å². The summed E-state index contributed by atoms with van der Waals surface area (Å²) < 4.78 is 33.3. The Kier molecular flexibility index (Phi) is 4.05. The van der Waals surface area contributed by atoms with Gasteiger partial charge in [-0.15, -0.1) is 0 Å². The number of ether oxygens (including phenoxy) is 1. The smallest absolute Gasteiger partial charge is 0.299 e. The average Bonchev–Trinajstić information content (AvgIpc) is 3.08. The van der Waals surface area contributed by atoms with Crippen LogP contribution in [0.1, 0.15) is 27.0 Å². The summed E-state index contributed by atoms with van der Waals surface area (Å²) in [5.74, 6) is -1.04. The minimum absolute atomic E-state index is 0.186. The van der Waals surface area contributed by atoms with Crippen LogP contribution in [-0.4, -0.2) is 32.7 Å². The lowest BCUT2D eigenvalue weighted by molar-refractivity contribution is -0.114. The molecule has 4 rings (SSSR count). The lowest BCUT2D eigenvalue weighted by Gasteiger charge is -2.19. The highest BCUT2D eigenvalue weighted by Crippen LogP contribution is 2.45. The highest BCUT2D eigenvalue weighted by atomic mass is 32.2. The molecule has 2 aliphatic heterocycles. The molecule has 0 aromatic heterocycles. The predicted molar refractivity (Wildman–Crippen MR) is 97.2 cm³/mol. The van der Waals surface area contributed by atoms with E-state index in [2.05, 4.69) is 0 Å². The number of hydrogen-bond acceptors (Lipinski definition) is 6. The normalized spacial score (nSPS) is 18.4. The molecular weight excluding hydrogens is 370 g/mol. The molecule has 1 amide bonds. The van der Waals surface area contributed by atoms with E-state index < -0.39 is 28.1 Å². The molecule has 2 heterocycles. The van der Waals surface area contributed by atoms with Gasteiger partial charge in [-0.1, -0.05) is 36.4 Å². The third-order valence-corrected chi connectivity index (χ3v) is 5.12. The van der Waals surface area contributed by atoms with Crippen molar-refractivity contribution >= 4 is 27.5 Å². The number of nitrogens with zero attached hydrogens (tertiary/aromatic N) is 1. The van der Waals surface area contributed by atoms with E-state index in [1.54, 1.807) is 0 Å². The van der Waals surface area contributed by atoms with Crippen molar-refractivity contribution in [1.29, 1.82) is 0 Å². The van der Waals surface area contributed by atoms with Crippen LogP contribution in [0.25, 0.3) is 0 Å². The number of ketones is 1. The quantitative estimate of drug-likeness (QED) is 0.589. The van der Waals surface area contributed by atoms with Gasteiger partial charge in [0.1, 0.15) is 5.75 Å². The van der Waals surface area contributed by atoms with Crippen molar-refractivity contribution in [2.75, 3.05) is 11.2 Å². The van der Waals surface area contributed by atoms with Gasteiger partial charge in [0.25, 0.3) is 21.8 Å². The predicted octanol–water partition coefficient (Wildman–Crippen LogP) is 1.96. The molecule has 1 atom stereocenters. The zero-order chi connectivity index (χ0) is 19.3. The van der Waals surface area contributed by atoms with Gasteiger partial charge in [0.05, 0.1) is 24.1 Å². The minimum atomic E-state index is -3.71. The third-order valence-electron chi connectivity index (χ3n) is 4.56. The molecule has 0 fully saturated rings. The van der Waals surface area contributed by atoms with E-state index in [1.165, 1.54) is 4.90 Å². The van der Waals surface area contributed by atoms with Gasteiger partial charge in [-0.2, -0.15) is 8.42 Å². The molecule has 2 aromatic rings. The van der Waals surface area contributed by atoms with Gasteiger partial charge in [-0.05, 0) is 18.1 Å². The molecule has 0 N–H and O–H groups in total. The molecule has 1 unspecified atom stereocenters. The summed E-state index contributed by atoms with van der Waals surface area (Å²) in [6.45, 7) is 2.08. The minimum Gasteiger partial charge on any atom is -0.462 e. The molecule has 8 heteroatoms. The van der Waals surface area contributed by atoms with Crippen LogP contribution in [0.2, 0.25) is 0 Å². The van der Waals surface area contributed by atoms with Crippen molar-refractivity contribution in [3.8, 4) is 5.75 Å². The second kappa shape index (κ2) is 6.17. The largest absolute Gasteiger partial charge is 0.462 e. The molecule has 0 spiro atoms.